The Hall–Kier alpha value is -1.72. The van der Waals surface area contributed by atoms with Gasteiger partial charge in [-0.2, -0.15) is 0 Å². The predicted molar refractivity (Wildman–Crippen MR) is 77.6 cm³/mol. The minimum absolute atomic E-state index is 0.0775. The smallest absolute Gasteiger partial charge is 0.410 e. The van der Waals surface area contributed by atoms with Gasteiger partial charge in [-0.1, -0.05) is 13.8 Å². The number of carbonyl (C=O) groups is 1. The second-order valence-corrected chi connectivity index (χ2v) is 6.46. The summed E-state index contributed by atoms with van der Waals surface area (Å²) in [5.41, 5.74) is 0.0952. The van der Waals surface area contributed by atoms with Gasteiger partial charge in [0.2, 0.25) is 0 Å². The summed E-state index contributed by atoms with van der Waals surface area (Å²) in [7, 11) is 1.65. The molecule has 0 saturated heterocycles. The van der Waals surface area contributed by atoms with Crippen molar-refractivity contribution in [2.24, 2.45) is 5.92 Å². The largest absolute Gasteiger partial charge is 0.444 e. The minimum atomic E-state index is -0.525. The molecule has 0 aromatic carbocycles. The molecule has 0 radical (unpaired) electrons. The Kier molecular flexibility index (Phi) is 5.03. The third kappa shape index (κ3) is 5.11. The Bertz CT molecular complexity index is 508. The molecule has 0 aliphatic rings. The maximum absolute atomic E-state index is 11.8. The lowest BCUT2D eigenvalue weighted by Crippen LogP contribution is -2.33. The van der Waals surface area contributed by atoms with Crippen molar-refractivity contribution in [3.8, 4) is 0 Å². The third-order valence-corrected chi connectivity index (χ3v) is 2.50. The van der Waals surface area contributed by atoms with Crippen molar-refractivity contribution in [2.45, 2.75) is 53.3 Å². The van der Waals surface area contributed by atoms with E-state index >= 15 is 0 Å². The van der Waals surface area contributed by atoms with Crippen LogP contribution in [-0.4, -0.2) is 33.4 Å². The van der Waals surface area contributed by atoms with Crippen LogP contribution in [0.25, 0.3) is 0 Å². The van der Waals surface area contributed by atoms with Gasteiger partial charge < -0.3 is 9.64 Å². The molecule has 1 N–H and O–H groups in total. The molecule has 0 aliphatic heterocycles. The average Bonchev–Trinajstić information content (AvgIpc) is 2.55. The van der Waals surface area contributed by atoms with Gasteiger partial charge in [0.15, 0.2) is 0 Å². The first-order chi connectivity index (χ1) is 9.08. The lowest BCUT2D eigenvalue weighted by Gasteiger charge is -2.24. The maximum Gasteiger partial charge on any atom is 0.410 e. The van der Waals surface area contributed by atoms with Crippen LogP contribution in [0.5, 0.6) is 0 Å². The number of hydrogen-bond donors (Lipinski definition) is 1. The summed E-state index contributed by atoms with van der Waals surface area (Å²) in [5, 5.41) is 3.02. The molecule has 0 saturated carbocycles. The second kappa shape index (κ2) is 6.15. The summed E-state index contributed by atoms with van der Waals surface area (Å²) in [4.78, 5) is 25.0. The number of aromatic amines is 1. The van der Waals surface area contributed by atoms with Crippen molar-refractivity contribution in [3.05, 3.63) is 22.1 Å². The first-order valence-electron chi connectivity index (χ1n) is 6.81. The number of nitrogens with zero attached hydrogens (tertiary/aromatic N) is 2. The molecule has 20 heavy (non-hydrogen) atoms. The van der Waals surface area contributed by atoms with E-state index in [0.717, 1.165) is 0 Å². The number of ether oxygens (including phenoxy) is 1. The van der Waals surface area contributed by atoms with Crippen LogP contribution in [0.2, 0.25) is 0 Å². The van der Waals surface area contributed by atoms with Gasteiger partial charge in [0.1, 0.15) is 5.60 Å². The van der Waals surface area contributed by atoms with Crippen molar-refractivity contribution in [1.82, 2.24) is 14.7 Å². The van der Waals surface area contributed by atoms with Crippen molar-refractivity contribution in [2.75, 3.05) is 7.05 Å². The number of H-pyrrole nitrogens is 1. The Labute approximate surface area is 119 Å². The Morgan fingerprint density at radius 1 is 1.45 bits per heavy atom. The third-order valence-electron chi connectivity index (χ3n) is 2.50. The Balaban J connectivity index is 2.69. The van der Waals surface area contributed by atoms with Crippen LogP contribution >= 0.6 is 0 Å². The van der Waals surface area contributed by atoms with Crippen molar-refractivity contribution in [3.63, 3.8) is 0 Å². The molecule has 1 heterocycles. The molecule has 1 amide bonds. The van der Waals surface area contributed by atoms with E-state index < -0.39 is 11.7 Å². The van der Waals surface area contributed by atoms with Gasteiger partial charge in [-0.15, -0.1) is 0 Å². The van der Waals surface area contributed by atoms with E-state index in [4.69, 9.17) is 4.74 Å². The number of nitrogens with one attached hydrogen (secondary N) is 1. The quantitative estimate of drug-likeness (QED) is 0.921. The summed E-state index contributed by atoms with van der Waals surface area (Å²) in [6, 6.07) is 1.52. The highest BCUT2D eigenvalue weighted by Crippen LogP contribution is 2.10. The Morgan fingerprint density at radius 2 is 2.05 bits per heavy atom. The fraction of sp³-hybridized carbons (Fsp3) is 0.714. The van der Waals surface area contributed by atoms with Crippen molar-refractivity contribution in [1.29, 1.82) is 0 Å². The molecule has 1 rings (SSSR count). The highest BCUT2D eigenvalue weighted by molar-refractivity contribution is 5.67. The summed E-state index contributed by atoms with van der Waals surface area (Å²) in [6.45, 7) is 10.5. The maximum atomic E-state index is 11.8. The van der Waals surface area contributed by atoms with Crippen LogP contribution in [-0.2, 0) is 17.8 Å². The highest BCUT2D eigenvalue weighted by Gasteiger charge is 2.20. The Morgan fingerprint density at radius 3 is 2.55 bits per heavy atom. The van der Waals surface area contributed by atoms with E-state index in [1.807, 2.05) is 34.6 Å². The number of hydrogen-bond acceptors (Lipinski definition) is 3. The first kappa shape index (κ1) is 16.3. The number of amides is 1. The molecule has 0 aliphatic carbocycles. The van der Waals surface area contributed by atoms with Crippen LogP contribution in [0, 0.1) is 5.92 Å². The molecular weight excluding hydrogens is 258 g/mol. The molecule has 0 spiro atoms. The van der Waals surface area contributed by atoms with E-state index in [0.29, 0.717) is 24.7 Å². The molecular formula is C14H25N3O3. The summed E-state index contributed by atoms with van der Waals surface area (Å²) in [5.74, 6) is 0.378. The van der Waals surface area contributed by atoms with Gasteiger partial charge in [-0.05, 0) is 26.7 Å². The molecule has 6 heteroatoms. The van der Waals surface area contributed by atoms with Gasteiger partial charge in [0.05, 0.1) is 12.2 Å². The monoisotopic (exact) mass is 283 g/mol. The number of aromatic nitrogens is 2. The van der Waals surface area contributed by atoms with E-state index in [-0.39, 0.29) is 5.56 Å². The van der Waals surface area contributed by atoms with Gasteiger partial charge in [0.25, 0.3) is 5.56 Å². The number of rotatable bonds is 4. The molecule has 0 fully saturated rings. The second-order valence-electron chi connectivity index (χ2n) is 6.46. The van der Waals surface area contributed by atoms with Crippen molar-refractivity contribution < 1.29 is 9.53 Å². The molecule has 0 atom stereocenters. The summed E-state index contributed by atoms with van der Waals surface area (Å²) >= 11 is 0. The highest BCUT2D eigenvalue weighted by atomic mass is 16.6. The zero-order chi connectivity index (χ0) is 15.5. The van der Waals surface area contributed by atoms with Crippen LogP contribution in [0.3, 0.4) is 0 Å². The normalized spacial score (nSPS) is 11.8. The van der Waals surface area contributed by atoms with Gasteiger partial charge in [-0.25, -0.2) is 4.79 Å². The SMILES string of the molecule is CC(C)Cn1[nH]c(CN(C)C(=O)OC(C)(C)C)cc1=O. The van der Waals surface area contributed by atoms with Crippen LogP contribution < -0.4 is 5.56 Å². The summed E-state index contributed by atoms with van der Waals surface area (Å²) < 4.78 is 6.82. The number of carbonyl (C=O) groups excluding carboxylic acids is 1. The standard InChI is InChI=1S/C14H25N3O3/c1-10(2)8-17-12(18)7-11(15-17)9-16(6)13(19)20-14(3,4)5/h7,10,15H,8-9H2,1-6H3. The fourth-order valence-corrected chi connectivity index (χ4v) is 1.73. The molecule has 0 unspecified atom stereocenters. The van der Waals surface area contributed by atoms with Crippen LogP contribution in [0.15, 0.2) is 10.9 Å². The van der Waals surface area contributed by atoms with E-state index in [9.17, 15) is 9.59 Å². The zero-order valence-electron chi connectivity index (χ0n) is 13.2. The topological polar surface area (TPSA) is 67.3 Å². The minimum Gasteiger partial charge on any atom is -0.444 e. The van der Waals surface area contributed by atoms with Gasteiger partial charge in [-0.3, -0.25) is 14.6 Å². The lowest BCUT2D eigenvalue weighted by atomic mass is 10.2. The van der Waals surface area contributed by atoms with E-state index in [1.165, 1.54) is 11.0 Å². The van der Waals surface area contributed by atoms with E-state index in [1.54, 1.807) is 11.7 Å². The molecule has 1 aromatic heterocycles. The molecule has 1 aromatic rings. The zero-order valence-corrected chi connectivity index (χ0v) is 13.2. The lowest BCUT2D eigenvalue weighted by molar-refractivity contribution is 0.0283. The molecule has 6 nitrogen and oxygen atoms in total. The predicted octanol–water partition coefficient (Wildman–Crippen LogP) is 2.20. The van der Waals surface area contributed by atoms with Crippen molar-refractivity contribution >= 4 is 6.09 Å². The van der Waals surface area contributed by atoms with Gasteiger partial charge >= 0.3 is 6.09 Å². The van der Waals surface area contributed by atoms with E-state index in [2.05, 4.69) is 5.10 Å². The fourth-order valence-electron chi connectivity index (χ4n) is 1.73. The molecule has 114 valence electrons. The van der Waals surface area contributed by atoms with Gasteiger partial charge in [0, 0.05) is 19.7 Å². The first-order valence-corrected chi connectivity index (χ1v) is 6.81. The van der Waals surface area contributed by atoms with Crippen LogP contribution in [0.1, 0.15) is 40.3 Å². The average molecular weight is 283 g/mol. The van der Waals surface area contributed by atoms with Crippen LogP contribution in [0.4, 0.5) is 4.79 Å². The molecule has 0 bridgehead atoms. The summed E-state index contributed by atoms with van der Waals surface area (Å²) in [6.07, 6.45) is -0.407.